The number of esters is 1. The van der Waals surface area contributed by atoms with Crippen LogP contribution in [0.4, 0.5) is 0 Å². The molecule has 0 aliphatic carbocycles. The first kappa shape index (κ1) is 8.30. The lowest BCUT2D eigenvalue weighted by Gasteiger charge is -2.33. The van der Waals surface area contributed by atoms with Crippen molar-refractivity contribution in [3.05, 3.63) is 35.4 Å². The fourth-order valence-electron chi connectivity index (χ4n) is 1.62. The molecule has 0 spiro atoms. The number of carbonyl (C=O) groups is 1. The highest BCUT2D eigenvalue weighted by molar-refractivity contribution is 5.78. The van der Waals surface area contributed by atoms with Crippen LogP contribution in [0, 0.1) is 12.8 Å². The molecule has 1 saturated heterocycles. The van der Waals surface area contributed by atoms with Gasteiger partial charge in [0.2, 0.25) is 0 Å². The van der Waals surface area contributed by atoms with E-state index >= 15 is 0 Å². The summed E-state index contributed by atoms with van der Waals surface area (Å²) in [5.41, 5.74) is 2.32. The molecule has 1 aromatic carbocycles. The molecule has 2 rings (SSSR count). The Kier molecular flexibility index (Phi) is 1.83. The highest BCUT2D eigenvalue weighted by Crippen LogP contribution is 2.37. The minimum Gasteiger partial charge on any atom is -0.456 e. The molecular weight excluding hydrogens is 164 g/mol. The maximum absolute atomic E-state index is 10.9. The van der Waals surface area contributed by atoms with E-state index in [0.717, 1.165) is 5.56 Å². The van der Waals surface area contributed by atoms with Crippen molar-refractivity contribution in [2.45, 2.75) is 20.0 Å². The zero-order valence-electron chi connectivity index (χ0n) is 7.78. The third-order valence-corrected chi connectivity index (χ3v) is 2.56. The van der Waals surface area contributed by atoms with Gasteiger partial charge in [-0.2, -0.15) is 0 Å². The number of ether oxygens (including phenoxy) is 1. The van der Waals surface area contributed by atoms with E-state index in [1.165, 1.54) is 5.56 Å². The van der Waals surface area contributed by atoms with Crippen molar-refractivity contribution >= 4 is 5.97 Å². The van der Waals surface area contributed by atoms with Crippen LogP contribution in [0.1, 0.15) is 24.2 Å². The summed E-state index contributed by atoms with van der Waals surface area (Å²) in [5.74, 6) is -0.0747. The second kappa shape index (κ2) is 2.87. The summed E-state index contributed by atoms with van der Waals surface area (Å²) in [6.45, 7) is 3.94. The van der Waals surface area contributed by atoms with Crippen LogP contribution in [-0.2, 0) is 9.53 Å². The van der Waals surface area contributed by atoms with Gasteiger partial charge in [-0.25, -0.2) is 0 Å². The van der Waals surface area contributed by atoms with E-state index in [2.05, 4.69) is 0 Å². The van der Waals surface area contributed by atoms with Crippen LogP contribution in [0.2, 0.25) is 0 Å². The standard InChI is InChI=1S/C11H12O2/c1-7-5-3-4-6-9(7)10-8(2)11(12)13-10/h3-6,8,10H,1-2H3/t8-,10-/m0/s1. The quantitative estimate of drug-likeness (QED) is 0.613. The molecule has 0 bridgehead atoms. The molecule has 2 nitrogen and oxygen atoms in total. The highest BCUT2D eigenvalue weighted by atomic mass is 16.6. The van der Waals surface area contributed by atoms with Crippen LogP contribution in [-0.4, -0.2) is 5.97 Å². The molecule has 0 amide bonds. The first-order valence-electron chi connectivity index (χ1n) is 4.46. The van der Waals surface area contributed by atoms with Gasteiger partial charge in [0.25, 0.3) is 0 Å². The van der Waals surface area contributed by atoms with Gasteiger partial charge < -0.3 is 4.74 Å². The minimum atomic E-state index is -0.0896. The van der Waals surface area contributed by atoms with Crippen LogP contribution in [0.3, 0.4) is 0 Å². The number of hydrogen-bond acceptors (Lipinski definition) is 2. The Bertz CT molecular complexity index is 344. The topological polar surface area (TPSA) is 26.3 Å². The molecule has 0 radical (unpaired) electrons. The molecule has 1 aliphatic heterocycles. The molecule has 1 fully saturated rings. The maximum atomic E-state index is 10.9. The van der Waals surface area contributed by atoms with E-state index < -0.39 is 0 Å². The number of carbonyl (C=O) groups excluding carboxylic acids is 1. The van der Waals surface area contributed by atoms with Gasteiger partial charge in [0, 0.05) is 0 Å². The van der Waals surface area contributed by atoms with Gasteiger partial charge in [-0.1, -0.05) is 24.3 Å². The van der Waals surface area contributed by atoms with Crippen molar-refractivity contribution in [2.75, 3.05) is 0 Å². The van der Waals surface area contributed by atoms with Crippen molar-refractivity contribution in [1.29, 1.82) is 0 Å². The Balaban J connectivity index is 2.27. The summed E-state index contributed by atoms with van der Waals surface area (Å²) in [4.78, 5) is 10.9. The van der Waals surface area contributed by atoms with E-state index in [-0.39, 0.29) is 18.0 Å². The summed E-state index contributed by atoms with van der Waals surface area (Å²) in [6.07, 6.45) is -0.0197. The first-order valence-corrected chi connectivity index (χ1v) is 4.46. The normalized spacial score (nSPS) is 26.5. The first-order chi connectivity index (χ1) is 6.20. The average Bonchev–Trinajstić information content (AvgIpc) is 2.15. The van der Waals surface area contributed by atoms with Gasteiger partial charge >= 0.3 is 5.97 Å². The average molecular weight is 176 g/mol. The minimum absolute atomic E-state index is 0.0149. The lowest BCUT2D eigenvalue weighted by molar-refractivity contribution is -0.183. The van der Waals surface area contributed by atoms with Crippen LogP contribution in [0.5, 0.6) is 0 Å². The van der Waals surface area contributed by atoms with Gasteiger partial charge in [0.05, 0.1) is 5.92 Å². The van der Waals surface area contributed by atoms with Crippen LogP contribution in [0.15, 0.2) is 24.3 Å². The van der Waals surface area contributed by atoms with Gasteiger partial charge in [0.1, 0.15) is 6.10 Å². The predicted molar refractivity (Wildman–Crippen MR) is 49.2 cm³/mol. The zero-order chi connectivity index (χ0) is 9.42. The molecular formula is C11H12O2. The van der Waals surface area contributed by atoms with Crippen LogP contribution >= 0.6 is 0 Å². The fourth-order valence-corrected chi connectivity index (χ4v) is 1.62. The molecule has 68 valence electrons. The van der Waals surface area contributed by atoms with Gasteiger partial charge in [-0.3, -0.25) is 4.79 Å². The highest BCUT2D eigenvalue weighted by Gasteiger charge is 2.40. The van der Waals surface area contributed by atoms with E-state index in [0.29, 0.717) is 0 Å². The third kappa shape index (κ3) is 1.22. The molecule has 13 heavy (non-hydrogen) atoms. The van der Waals surface area contributed by atoms with E-state index in [1.54, 1.807) is 0 Å². The van der Waals surface area contributed by atoms with Crippen molar-refractivity contribution in [3.8, 4) is 0 Å². The molecule has 0 aromatic heterocycles. The van der Waals surface area contributed by atoms with Crippen LogP contribution < -0.4 is 0 Å². The van der Waals surface area contributed by atoms with Crippen LogP contribution in [0.25, 0.3) is 0 Å². The molecule has 1 aromatic rings. The van der Waals surface area contributed by atoms with Gasteiger partial charge in [0.15, 0.2) is 0 Å². The molecule has 0 saturated carbocycles. The predicted octanol–water partition coefficient (Wildman–Crippen LogP) is 2.23. The van der Waals surface area contributed by atoms with Crippen molar-refractivity contribution in [3.63, 3.8) is 0 Å². The summed E-state index contributed by atoms with van der Waals surface area (Å²) >= 11 is 0. The Hall–Kier alpha value is -1.31. The van der Waals surface area contributed by atoms with E-state index in [4.69, 9.17) is 4.74 Å². The van der Waals surface area contributed by atoms with E-state index in [9.17, 15) is 4.79 Å². The Morgan fingerprint density at radius 3 is 2.54 bits per heavy atom. The molecule has 0 unspecified atom stereocenters. The zero-order valence-corrected chi connectivity index (χ0v) is 7.78. The van der Waals surface area contributed by atoms with Gasteiger partial charge in [-0.15, -0.1) is 0 Å². The second-order valence-corrected chi connectivity index (χ2v) is 3.50. The number of rotatable bonds is 1. The van der Waals surface area contributed by atoms with Gasteiger partial charge in [-0.05, 0) is 25.0 Å². The monoisotopic (exact) mass is 176 g/mol. The molecule has 0 N–H and O–H groups in total. The molecule has 2 heteroatoms. The summed E-state index contributed by atoms with van der Waals surface area (Å²) in [7, 11) is 0. The maximum Gasteiger partial charge on any atom is 0.313 e. The summed E-state index contributed by atoms with van der Waals surface area (Å²) in [6, 6.07) is 8.02. The lowest BCUT2D eigenvalue weighted by atomic mass is 9.90. The van der Waals surface area contributed by atoms with Crippen molar-refractivity contribution in [1.82, 2.24) is 0 Å². The Morgan fingerprint density at radius 1 is 1.31 bits per heavy atom. The number of hydrogen-bond donors (Lipinski definition) is 0. The molecule has 1 aliphatic rings. The fraction of sp³-hybridized carbons (Fsp3) is 0.364. The number of cyclic esters (lactones) is 1. The Labute approximate surface area is 77.5 Å². The Morgan fingerprint density at radius 2 is 2.00 bits per heavy atom. The van der Waals surface area contributed by atoms with Crippen molar-refractivity contribution < 1.29 is 9.53 Å². The number of benzene rings is 1. The molecule has 1 heterocycles. The summed E-state index contributed by atoms with van der Waals surface area (Å²) < 4.78 is 5.08. The lowest BCUT2D eigenvalue weighted by Crippen LogP contribution is -2.36. The molecule has 2 atom stereocenters. The van der Waals surface area contributed by atoms with E-state index in [1.807, 2.05) is 38.1 Å². The largest absolute Gasteiger partial charge is 0.456 e. The second-order valence-electron chi connectivity index (χ2n) is 3.50. The smallest absolute Gasteiger partial charge is 0.313 e. The number of aryl methyl sites for hydroxylation is 1. The summed E-state index contributed by atoms with van der Waals surface area (Å²) in [5, 5.41) is 0. The third-order valence-electron chi connectivity index (χ3n) is 2.56. The van der Waals surface area contributed by atoms with Crippen molar-refractivity contribution in [2.24, 2.45) is 5.92 Å². The SMILES string of the molecule is Cc1ccccc1[C@H]1OC(=O)[C@H]1C.